The lowest BCUT2D eigenvalue weighted by atomic mass is 9.76. The zero-order valence-corrected chi connectivity index (χ0v) is 15.6. The highest BCUT2D eigenvalue weighted by Crippen LogP contribution is 2.46. The smallest absolute Gasteiger partial charge is 0.226 e. The van der Waals surface area contributed by atoms with Gasteiger partial charge in [0.15, 0.2) is 0 Å². The number of methoxy groups -OCH3 is 1. The second-order valence-corrected chi connectivity index (χ2v) is 8.53. The van der Waals surface area contributed by atoms with E-state index in [-0.39, 0.29) is 11.3 Å². The summed E-state index contributed by atoms with van der Waals surface area (Å²) in [5, 5.41) is 0.281. The van der Waals surface area contributed by atoms with Crippen LogP contribution in [0, 0.1) is 17.8 Å². The van der Waals surface area contributed by atoms with Gasteiger partial charge in [-0.1, -0.05) is 13.3 Å². The number of fused-ring (bicyclic) bond motifs is 1. The highest BCUT2D eigenvalue weighted by Gasteiger charge is 2.51. The number of carbonyl (C=O) groups excluding carboxylic acids is 1. The van der Waals surface area contributed by atoms with Gasteiger partial charge >= 0.3 is 0 Å². The van der Waals surface area contributed by atoms with Crippen LogP contribution < -0.4 is 0 Å². The van der Waals surface area contributed by atoms with Gasteiger partial charge in [-0.15, -0.1) is 11.6 Å². The summed E-state index contributed by atoms with van der Waals surface area (Å²) >= 11 is 6.22. The Morgan fingerprint density at radius 3 is 2.48 bits per heavy atom. The van der Waals surface area contributed by atoms with Gasteiger partial charge in [-0.05, 0) is 63.7 Å². The highest BCUT2D eigenvalue weighted by molar-refractivity contribution is 6.20. The molecule has 0 radical (unpaired) electrons. The van der Waals surface area contributed by atoms with Crippen molar-refractivity contribution >= 4 is 17.5 Å². The van der Waals surface area contributed by atoms with E-state index >= 15 is 0 Å². The van der Waals surface area contributed by atoms with Gasteiger partial charge in [0.2, 0.25) is 5.91 Å². The Morgan fingerprint density at radius 2 is 1.87 bits per heavy atom. The quantitative estimate of drug-likeness (QED) is 0.719. The Hall–Kier alpha value is -0.280. The van der Waals surface area contributed by atoms with Crippen LogP contribution in [0.4, 0.5) is 0 Å². The first kappa shape index (κ1) is 17.5. The van der Waals surface area contributed by atoms with Gasteiger partial charge in [0.05, 0.1) is 6.10 Å². The number of alkyl halides is 1. The maximum Gasteiger partial charge on any atom is 0.226 e. The topological polar surface area (TPSA) is 29.5 Å². The van der Waals surface area contributed by atoms with Gasteiger partial charge in [-0.2, -0.15) is 0 Å². The largest absolute Gasteiger partial charge is 0.381 e. The molecule has 132 valence electrons. The standard InChI is InChI=1S/C19H32ClNO2/c1-4-16-12(2)21(18-10-9-15(23-3)11-17(16)18)19(22)13-5-7-14(20)8-6-13/h12-18H,4-11H2,1-3H3. The van der Waals surface area contributed by atoms with Crippen LogP contribution in [0.5, 0.6) is 0 Å². The monoisotopic (exact) mass is 341 g/mol. The van der Waals surface area contributed by atoms with E-state index in [0.29, 0.717) is 35.9 Å². The molecule has 2 aliphatic carbocycles. The van der Waals surface area contributed by atoms with E-state index in [2.05, 4.69) is 18.7 Å². The second-order valence-electron chi connectivity index (χ2n) is 7.91. The molecule has 1 aliphatic heterocycles. The molecule has 0 N–H and O–H groups in total. The summed E-state index contributed by atoms with van der Waals surface area (Å²) in [6, 6.07) is 0.828. The molecule has 0 aromatic rings. The molecule has 1 amide bonds. The first-order valence-corrected chi connectivity index (χ1v) is 9.99. The SMILES string of the molecule is CCC1C2CC(OC)CCC2N(C(=O)C2CCC(Cl)CC2)C1C. The first-order chi connectivity index (χ1) is 11.1. The molecule has 2 saturated carbocycles. The summed E-state index contributed by atoms with van der Waals surface area (Å²) in [7, 11) is 1.83. The molecule has 3 fully saturated rings. The molecule has 0 aromatic heterocycles. The van der Waals surface area contributed by atoms with Crippen LogP contribution in [0.2, 0.25) is 0 Å². The predicted molar refractivity (Wildman–Crippen MR) is 93.6 cm³/mol. The molecule has 4 heteroatoms. The lowest BCUT2D eigenvalue weighted by Gasteiger charge is -2.38. The number of ether oxygens (including phenoxy) is 1. The number of hydrogen-bond acceptors (Lipinski definition) is 2. The highest BCUT2D eigenvalue weighted by atomic mass is 35.5. The molecule has 1 saturated heterocycles. The van der Waals surface area contributed by atoms with Crippen molar-refractivity contribution < 1.29 is 9.53 Å². The predicted octanol–water partition coefficient (Wildman–Crippen LogP) is 4.22. The van der Waals surface area contributed by atoms with E-state index in [1.54, 1.807) is 0 Å². The Labute approximate surface area is 146 Å². The number of hydrogen-bond donors (Lipinski definition) is 0. The normalized spacial score (nSPS) is 44.2. The molecule has 0 spiro atoms. The molecule has 3 nitrogen and oxygen atoms in total. The Balaban J connectivity index is 1.74. The molecule has 0 bridgehead atoms. The summed E-state index contributed by atoms with van der Waals surface area (Å²) < 4.78 is 5.63. The fourth-order valence-electron chi connectivity index (χ4n) is 5.55. The van der Waals surface area contributed by atoms with Gasteiger partial charge in [0, 0.05) is 30.5 Å². The third kappa shape index (κ3) is 3.28. The average Bonchev–Trinajstić information content (AvgIpc) is 2.85. The third-order valence-electron chi connectivity index (χ3n) is 6.84. The van der Waals surface area contributed by atoms with Crippen LogP contribution in [0.15, 0.2) is 0 Å². The van der Waals surface area contributed by atoms with Crippen LogP contribution in [0.3, 0.4) is 0 Å². The summed E-state index contributed by atoms with van der Waals surface area (Å²) in [5.41, 5.74) is 0. The second kappa shape index (κ2) is 7.31. The minimum atomic E-state index is 0.212. The van der Waals surface area contributed by atoms with E-state index < -0.39 is 0 Å². The zero-order chi connectivity index (χ0) is 16.6. The number of nitrogens with zero attached hydrogens (tertiary/aromatic N) is 1. The number of carbonyl (C=O) groups is 1. The Kier molecular flexibility index (Phi) is 5.57. The van der Waals surface area contributed by atoms with Crippen molar-refractivity contribution in [2.45, 2.75) is 88.8 Å². The maximum atomic E-state index is 13.2. The molecule has 3 aliphatic rings. The third-order valence-corrected chi connectivity index (χ3v) is 7.28. The van der Waals surface area contributed by atoms with Crippen molar-refractivity contribution in [1.29, 1.82) is 0 Å². The number of rotatable bonds is 3. The molecular weight excluding hydrogens is 310 g/mol. The van der Waals surface area contributed by atoms with Gasteiger partial charge in [0.25, 0.3) is 0 Å². The lowest BCUT2D eigenvalue weighted by Crippen LogP contribution is -2.47. The maximum absolute atomic E-state index is 13.2. The molecule has 5 unspecified atom stereocenters. The van der Waals surface area contributed by atoms with Crippen LogP contribution in [-0.4, -0.2) is 41.5 Å². The molecular formula is C19H32ClNO2. The fourth-order valence-corrected chi connectivity index (χ4v) is 5.81. The summed E-state index contributed by atoms with van der Waals surface area (Å²) in [5.74, 6) is 1.89. The van der Waals surface area contributed by atoms with Gasteiger partial charge in [-0.3, -0.25) is 4.79 Å². The van der Waals surface area contributed by atoms with Crippen LogP contribution >= 0.6 is 11.6 Å². The van der Waals surface area contributed by atoms with Crippen molar-refractivity contribution in [3.05, 3.63) is 0 Å². The van der Waals surface area contributed by atoms with Crippen LogP contribution in [-0.2, 0) is 9.53 Å². The van der Waals surface area contributed by atoms with Crippen molar-refractivity contribution in [3.63, 3.8) is 0 Å². The van der Waals surface area contributed by atoms with Gasteiger partial charge < -0.3 is 9.64 Å². The Morgan fingerprint density at radius 1 is 1.17 bits per heavy atom. The van der Waals surface area contributed by atoms with Gasteiger partial charge in [0.1, 0.15) is 0 Å². The molecule has 1 heterocycles. The minimum Gasteiger partial charge on any atom is -0.381 e. The van der Waals surface area contributed by atoms with Crippen molar-refractivity contribution in [1.82, 2.24) is 4.90 Å². The van der Waals surface area contributed by atoms with Crippen molar-refractivity contribution in [3.8, 4) is 0 Å². The van der Waals surface area contributed by atoms with Crippen LogP contribution in [0.25, 0.3) is 0 Å². The first-order valence-electron chi connectivity index (χ1n) is 9.55. The fraction of sp³-hybridized carbons (Fsp3) is 0.947. The van der Waals surface area contributed by atoms with Crippen molar-refractivity contribution in [2.75, 3.05) is 7.11 Å². The zero-order valence-electron chi connectivity index (χ0n) is 14.8. The summed E-state index contributed by atoms with van der Waals surface area (Å²) in [6.45, 7) is 4.56. The van der Waals surface area contributed by atoms with E-state index in [1.807, 2.05) is 7.11 Å². The average molecular weight is 342 g/mol. The van der Waals surface area contributed by atoms with E-state index in [0.717, 1.165) is 51.4 Å². The number of likely N-dealkylation sites (tertiary alicyclic amines) is 1. The molecule has 5 atom stereocenters. The number of amides is 1. The van der Waals surface area contributed by atoms with Crippen molar-refractivity contribution in [2.24, 2.45) is 17.8 Å². The van der Waals surface area contributed by atoms with Crippen LogP contribution in [0.1, 0.15) is 65.2 Å². The molecule has 0 aromatic carbocycles. The van der Waals surface area contributed by atoms with E-state index in [4.69, 9.17) is 16.3 Å². The minimum absolute atomic E-state index is 0.212. The Bertz CT molecular complexity index is 422. The van der Waals surface area contributed by atoms with E-state index in [9.17, 15) is 4.79 Å². The summed E-state index contributed by atoms with van der Waals surface area (Å²) in [6.07, 6.45) is 8.84. The number of halogens is 1. The van der Waals surface area contributed by atoms with E-state index in [1.165, 1.54) is 0 Å². The summed E-state index contributed by atoms with van der Waals surface area (Å²) in [4.78, 5) is 15.5. The van der Waals surface area contributed by atoms with Gasteiger partial charge in [-0.25, -0.2) is 0 Å². The molecule has 3 rings (SSSR count). The molecule has 23 heavy (non-hydrogen) atoms. The lowest BCUT2D eigenvalue weighted by molar-refractivity contribution is -0.140.